The van der Waals surface area contributed by atoms with Crippen molar-refractivity contribution in [2.45, 2.75) is 20.0 Å². The predicted octanol–water partition coefficient (Wildman–Crippen LogP) is 1.39. The molecule has 0 aromatic heterocycles. The Morgan fingerprint density at radius 3 is 2.58 bits per heavy atom. The van der Waals surface area contributed by atoms with Crippen LogP contribution >= 0.6 is 0 Å². The van der Waals surface area contributed by atoms with E-state index in [1.54, 1.807) is 19.9 Å². The number of methoxy groups -OCH3 is 1. The molecule has 1 rings (SSSR count). The summed E-state index contributed by atoms with van der Waals surface area (Å²) in [5.74, 6) is -0.826. The Kier molecular flexibility index (Phi) is 5.17. The van der Waals surface area contributed by atoms with Crippen LogP contribution in [0.3, 0.4) is 0 Å². The lowest BCUT2D eigenvalue weighted by atomic mass is 10.2. The van der Waals surface area contributed by atoms with Gasteiger partial charge in [0.05, 0.1) is 18.8 Å². The first-order valence-corrected chi connectivity index (χ1v) is 5.74. The monoisotopic (exact) mass is 267 g/mol. The number of nitrogen functional groups attached to an aromatic ring is 1. The summed E-state index contributed by atoms with van der Waals surface area (Å²) < 4.78 is 14.6. The fourth-order valence-corrected chi connectivity index (χ4v) is 1.34. The van der Waals surface area contributed by atoms with Gasteiger partial charge in [-0.25, -0.2) is 9.59 Å². The Labute approximate surface area is 111 Å². The first-order chi connectivity index (χ1) is 8.93. The number of anilines is 1. The molecule has 6 nitrogen and oxygen atoms in total. The van der Waals surface area contributed by atoms with Crippen LogP contribution in [0.15, 0.2) is 18.2 Å². The Morgan fingerprint density at radius 2 is 2.00 bits per heavy atom. The Bertz CT molecular complexity index is 470. The number of nitrogens with two attached hydrogens (primary N) is 1. The van der Waals surface area contributed by atoms with E-state index < -0.39 is 18.5 Å². The molecule has 0 bridgehead atoms. The molecule has 104 valence electrons. The second-order valence-corrected chi connectivity index (χ2v) is 4.07. The third-order valence-electron chi connectivity index (χ3n) is 2.17. The standard InChI is InChI=1S/C13H17NO5/c1-8(2)19-12(15)7-18-13(16)10-6-9(17-3)4-5-11(10)14/h4-6,8H,7,14H2,1-3H3. The van der Waals surface area contributed by atoms with Gasteiger partial charge < -0.3 is 19.9 Å². The summed E-state index contributed by atoms with van der Waals surface area (Å²) in [5.41, 5.74) is 6.06. The van der Waals surface area contributed by atoms with Crippen LogP contribution in [0.1, 0.15) is 24.2 Å². The van der Waals surface area contributed by atoms with E-state index >= 15 is 0 Å². The van der Waals surface area contributed by atoms with Gasteiger partial charge in [0.2, 0.25) is 0 Å². The van der Waals surface area contributed by atoms with Gasteiger partial charge in [0.25, 0.3) is 0 Å². The molecule has 0 aliphatic rings. The second kappa shape index (κ2) is 6.63. The molecule has 6 heteroatoms. The van der Waals surface area contributed by atoms with E-state index in [1.165, 1.54) is 19.2 Å². The van der Waals surface area contributed by atoms with Crippen molar-refractivity contribution in [1.82, 2.24) is 0 Å². The normalized spacial score (nSPS) is 10.1. The molecular formula is C13H17NO5. The van der Waals surface area contributed by atoms with Crippen molar-refractivity contribution >= 4 is 17.6 Å². The van der Waals surface area contributed by atoms with E-state index in [0.29, 0.717) is 5.75 Å². The SMILES string of the molecule is COc1ccc(N)c(C(=O)OCC(=O)OC(C)C)c1. The molecule has 2 N–H and O–H groups in total. The lowest BCUT2D eigenvalue weighted by Crippen LogP contribution is -2.20. The van der Waals surface area contributed by atoms with Crippen LogP contribution in [0.5, 0.6) is 5.75 Å². The van der Waals surface area contributed by atoms with Gasteiger partial charge in [-0.05, 0) is 32.0 Å². The highest BCUT2D eigenvalue weighted by Gasteiger charge is 2.15. The molecule has 0 atom stereocenters. The van der Waals surface area contributed by atoms with Gasteiger partial charge in [-0.3, -0.25) is 0 Å². The van der Waals surface area contributed by atoms with E-state index in [-0.39, 0.29) is 17.4 Å². The van der Waals surface area contributed by atoms with E-state index in [0.717, 1.165) is 0 Å². The van der Waals surface area contributed by atoms with Crippen LogP contribution in [0.2, 0.25) is 0 Å². The highest BCUT2D eigenvalue weighted by molar-refractivity contribution is 5.96. The molecular weight excluding hydrogens is 250 g/mol. The van der Waals surface area contributed by atoms with Crippen LogP contribution in [-0.2, 0) is 14.3 Å². The van der Waals surface area contributed by atoms with Gasteiger partial charge in [0.1, 0.15) is 5.75 Å². The van der Waals surface area contributed by atoms with Crippen molar-refractivity contribution in [2.24, 2.45) is 0 Å². The molecule has 0 saturated carbocycles. The molecule has 0 aliphatic carbocycles. The van der Waals surface area contributed by atoms with Crippen LogP contribution in [0, 0.1) is 0 Å². The van der Waals surface area contributed by atoms with Crippen molar-refractivity contribution in [1.29, 1.82) is 0 Å². The average molecular weight is 267 g/mol. The largest absolute Gasteiger partial charge is 0.497 e. The zero-order chi connectivity index (χ0) is 14.4. The maximum atomic E-state index is 11.8. The summed E-state index contributed by atoms with van der Waals surface area (Å²) in [6, 6.07) is 4.60. The summed E-state index contributed by atoms with van der Waals surface area (Å²) in [7, 11) is 1.47. The lowest BCUT2D eigenvalue weighted by Gasteiger charge is -2.10. The summed E-state index contributed by atoms with van der Waals surface area (Å²) in [5, 5.41) is 0. The molecule has 1 aromatic carbocycles. The average Bonchev–Trinajstić information content (AvgIpc) is 2.35. The zero-order valence-corrected chi connectivity index (χ0v) is 11.1. The van der Waals surface area contributed by atoms with Gasteiger partial charge in [-0.2, -0.15) is 0 Å². The summed E-state index contributed by atoms with van der Waals surface area (Å²) in [6.45, 7) is 2.97. The molecule has 0 heterocycles. The van der Waals surface area contributed by atoms with Crippen molar-refractivity contribution in [3.63, 3.8) is 0 Å². The number of hydrogen-bond donors (Lipinski definition) is 1. The van der Waals surface area contributed by atoms with Crippen LogP contribution in [0.25, 0.3) is 0 Å². The number of carbonyl (C=O) groups excluding carboxylic acids is 2. The number of carbonyl (C=O) groups is 2. The first kappa shape index (κ1) is 14.8. The minimum atomic E-state index is -0.697. The summed E-state index contributed by atoms with van der Waals surface area (Å²) in [4.78, 5) is 23.0. The van der Waals surface area contributed by atoms with Crippen LogP contribution in [0.4, 0.5) is 5.69 Å². The Morgan fingerprint density at radius 1 is 1.32 bits per heavy atom. The Balaban J connectivity index is 2.65. The number of rotatable bonds is 5. The van der Waals surface area contributed by atoms with E-state index in [1.807, 2.05) is 0 Å². The molecule has 0 aliphatic heterocycles. The van der Waals surface area contributed by atoms with Crippen molar-refractivity contribution < 1.29 is 23.8 Å². The molecule has 0 saturated heterocycles. The third kappa shape index (κ3) is 4.50. The Hall–Kier alpha value is -2.24. The van der Waals surface area contributed by atoms with E-state index in [2.05, 4.69) is 0 Å². The van der Waals surface area contributed by atoms with E-state index in [9.17, 15) is 9.59 Å². The van der Waals surface area contributed by atoms with Crippen LogP contribution < -0.4 is 10.5 Å². The number of esters is 2. The zero-order valence-electron chi connectivity index (χ0n) is 11.1. The summed E-state index contributed by atoms with van der Waals surface area (Å²) in [6.07, 6.45) is -0.256. The number of ether oxygens (including phenoxy) is 3. The molecule has 0 fully saturated rings. The van der Waals surface area contributed by atoms with Crippen molar-refractivity contribution in [3.8, 4) is 5.75 Å². The second-order valence-electron chi connectivity index (χ2n) is 4.07. The van der Waals surface area contributed by atoms with Crippen LogP contribution in [-0.4, -0.2) is 31.8 Å². The fourth-order valence-electron chi connectivity index (χ4n) is 1.34. The molecule has 0 unspecified atom stereocenters. The van der Waals surface area contributed by atoms with Crippen molar-refractivity contribution in [3.05, 3.63) is 23.8 Å². The minimum Gasteiger partial charge on any atom is -0.497 e. The molecule has 0 radical (unpaired) electrons. The molecule has 1 aromatic rings. The van der Waals surface area contributed by atoms with Gasteiger partial charge in [0.15, 0.2) is 6.61 Å². The fraction of sp³-hybridized carbons (Fsp3) is 0.385. The topological polar surface area (TPSA) is 87.9 Å². The predicted molar refractivity (Wildman–Crippen MR) is 68.9 cm³/mol. The van der Waals surface area contributed by atoms with Gasteiger partial charge in [0, 0.05) is 5.69 Å². The van der Waals surface area contributed by atoms with Crippen molar-refractivity contribution in [2.75, 3.05) is 19.5 Å². The maximum Gasteiger partial charge on any atom is 0.344 e. The first-order valence-electron chi connectivity index (χ1n) is 5.74. The molecule has 19 heavy (non-hydrogen) atoms. The quantitative estimate of drug-likeness (QED) is 0.640. The smallest absolute Gasteiger partial charge is 0.344 e. The van der Waals surface area contributed by atoms with Gasteiger partial charge in [-0.1, -0.05) is 0 Å². The van der Waals surface area contributed by atoms with Gasteiger partial charge in [-0.15, -0.1) is 0 Å². The highest BCUT2D eigenvalue weighted by atomic mass is 16.6. The number of benzene rings is 1. The third-order valence-corrected chi connectivity index (χ3v) is 2.17. The lowest BCUT2D eigenvalue weighted by molar-refractivity contribution is -0.150. The molecule has 0 amide bonds. The minimum absolute atomic E-state index is 0.150. The van der Waals surface area contributed by atoms with Gasteiger partial charge >= 0.3 is 11.9 Å². The maximum absolute atomic E-state index is 11.8. The highest BCUT2D eigenvalue weighted by Crippen LogP contribution is 2.20. The summed E-state index contributed by atoms with van der Waals surface area (Å²) >= 11 is 0. The number of hydrogen-bond acceptors (Lipinski definition) is 6. The van der Waals surface area contributed by atoms with E-state index in [4.69, 9.17) is 19.9 Å². The molecule has 0 spiro atoms.